The van der Waals surface area contributed by atoms with Gasteiger partial charge in [-0.25, -0.2) is 0 Å². The van der Waals surface area contributed by atoms with Gasteiger partial charge in [-0.05, 0) is 35.9 Å². The number of carbonyl (C=O) groups excluding carboxylic acids is 2. The number of ether oxygens (including phenoxy) is 4. The van der Waals surface area contributed by atoms with E-state index < -0.39 is 5.97 Å². The number of allylic oxidation sites excluding steroid dienone is 1. The molecule has 6 heteroatoms. The minimum Gasteiger partial charge on any atom is -0.493 e. The predicted molar refractivity (Wildman–Crippen MR) is 90.2 cm³/mol. The quantitative estimate of drug-likeness (QED) is 0.483. The molecule has 0 unspecified atom stereocenters. The number of hydrogen-bond acceptors (Lipinski definition) is 6. The molecule has 1 aliphatic rings. The summed E-state index contributed by atoms with van der Waals surface area (Å²) in [6.45, 7) is 1.31. The van der Waals surface area contributed by atoms with E-state index in [2.05, 4.69) is 0 Å². The molecule has 1 aliphatic heterocycles. The molecule has 2 aromatic rings. The third-order valence-electron chi connectivity index (χ3n) is 3.61. The highest BCUT2D eigenvalue weighted by Crippen LogP contribution is 2.35. The SMILES string of the molecule is COc1ccc(/C=C2/Oc3cc(OC(C)=O)ccc3C2=O)cc1OC. The molecule has 6 nitrogen and oxygen atoms in total. The Morgan fingerprint density at radius 3 is 2.48 bits per heavy atom. The maximum absolute atomic E-state index is 12.5. The van der Waals surface area contributed by atoms with Crippen molar-refractivity contribution in [1.29, 1.82) is 0 Å². The second-order valence-corrected chi connectivity index (χ2v) is 5.31. The maximum Gasteiger partial charge on any atom is 0.308 e. The van der Waals surface area contributed by atoms with Crippen LogP contribution in [-0.2, 0) is 4.79 Å². The summed E-state index contributed by atoms with van der Waals surface area (Å²) in [6, 6.07) is 9.93. The third-order valence-corrected chi connectivity index (χ3v) is 3.61. The van der Waals surface area contributed by atoms with E-state index >= 15 is 0 Å². The molecule has 128 valence electrons. The fourth-order valence-corrected chi connectivity index (χ4v) is 2.49. The molecule has 0 saturated heterocycles. The number of Topliss-reactive ketones (excluding diaryl/α,β-unsaturated/α-hetero) is 1. The number of esters is 1. The number of ketones is 1. The van der Waals surface area contributed by atoms with Gasteiger partial charge in [-0.15, -0.1) is 0 Å². The van der Waals surface area contributed by atoms with E-state index in [1.54, 1.807) is 50.6 Å². The Balaban J connectivity index is 1.90. The zero-order chi connectivity index (χ0) is 18.0. The second kappa shape index (κ2) is 6.68. The normalized spacial score (nSPS) is 14.0. The van der Waals surface area contributed by atoms with Crippen LogP contribution in [0.5, 0.6) is 23.0 Å². The van der Waals surface area contributed by atoms with Crippen molar-refractivity contribution in [2.24, 2.45) is 0 Å². The lowest BCUT2D eigenvalue weighted by molar-refractivity contribution is -0.131. The highest BCUT2D eigenvalue weighted by Gasteiger charge is 2.28. The molecule has 0 amide bonds. The fraction of sp³-hybridized carbons (Fsp3) is 0.158. The lowest BCUT2D eigenvalue weighted by Gasteiger charge is -2.08. The molecule has 0 spiro atoms. The first-order valence-electron chi connectivity index (χ1n) is 7.50. The molecule has 0 bridgehead atoms. The number of rotatable bonds is 4. The van der Waals surface area contributed by atoms with Crippen LogP contribution in [0.2, 0.25) is 0 Å². The average Bonchev–Trinajstić information content (AvgIpc) is 2.89. The van der Waals surface area contributed by atoms with Crippen LogP contribution in [0, 0.1) is 0 Å². The first-order valence-corrected chi connectivity index (χ1v) is 7.50. The average molecular weight is 340 g/mol. The van der Waals surface area contributed by atoms with Crippen molar-refractivity contribution >= 4 is 17.8 Å². The van der Waals surface area contributed by atoms with Crippen molar-refractivity contribution in [2.75, 3.05) is 14.2 Å². The van der Waals surface area contributed by atoms with Crippen LogP contribution < -0.4 is 18.9 Å². The van der Waals surface area contributed by atoms with Crippen molar-refractivity contribution < 1.29 is 28.5 Å². The molecule has 0 aliphatic carbocycles. The Labute approximate surface area is 144 Å². The lowest BCUT2D eigenvalue weighted by atomic mass is 10.1. The van der Waals surface area contributed by atoms with Crippen molar-refractivity contribution in [3.63, 3.8) is 0 Å². The van der Waals surface area contributed by atoms with Crippen molar-refractivity contribution in [1.82, 2.24) is 0 Å². The summed E-state index contributed by atoms with van der Waals surface area (Å²) in [5.74, 6) is 1.34. The standard InChI is InChI=1S/C19H16O6/c1-11(20)24-13-5-6-14-16(10-13)25-18(19(14)21)9-12-4-7-15(22-2)17(8-12)23-3/h4-10H,1-3H3/b18-9+. The molecule has 2 aromatic carbocycles. The van der Waals surface area contributed by atoms with Gasteiger partial charge in [0, 0.05) is 13.0 Å². The Bertz CT molecular complexity index is 881. The van der Waals surface area contributed by atoms with Gasteiger partial charge in [0.05, 0.1) is 19.8 Å². The summed E-state index contributed by atoms with van der Waals surface area (Å²) in [5, 5.41) is 0. The van der Waals surface area contributed by atoms with Gasteiger partial charge in [0.25, 0.3) is 0 Å². The number of methoxy groups -OCH3 is 2. The molecule has 0 atom stereocenters. The Hall–Kier alpha value is -3.28. The van der Waals surface area contributed by atoms with Crippen LogP contribution in [0.15, 0.2) is 42.2 Å². The van der Waals surface area contributed by atoms with Gasteiger partial charge >= 0.3 is 5.97 Å². The van der Waals surface area contributed by atoms with Crippen LogP contribution in [0.4, 0.5) is 0 Å². The van der Waals surface area contributed by atoms with Gasteiger partial charge < -0.3 is 18.9 Å². The van der Waals surface area contributed by atoms with Crippen LogP contribution >= 0.6 is 0 Å². The monoisotopic (exact) mass is 340 g/mol. The van der Waals surface area contributed by atoms with Gasteiger partial charge in [0.15, 0.2) is 17.3 Å². The molecule has 0 aromatic heterocycles. The van der Waals surface area contributed by atoms with Crippen LogP contribution in [0.3, 0.4) is 0 Å². The van der Waals surface area contributed by atoms with E-state index in [-0.39, 0.29) is 11.5 Å². The zero-order valence-corrected chi connectivity index (χ0v) is 14.0. The highest BCUT2D eigenvalue weighted by atomic mass is 16.5. The van der Waals surface area contributed by atoms with E-state index in [0.717, 1.165) is 5.56 Å². The first-order chi connectivity index (χ1) is 12.0. The summed E-state index contributed by atoms with van der Waals surface area (Å²) in [7, 11) is 3.09. The molecule has 0 radical (unpaired) electrons. The second-order valence-electron chi connectivity index (χ2n) is 5.31. The van der Waals surface area contributed by atoms with E-state index in [9.17, 15) is 9.59 Å². The highest BCUT2D eigenvalue weighted by molar-refractivity contribution is 6.14. The van der Waals surface area contributed by atoms with E-state index in [4.69, 9.17) is 18.9 Å². The fourth-order valence-electron chi connectivity index (χ4n) is 2.49. The largest absolute Gasteiger partial charge is 0.493 e. The number of fused-ring (bicyclic) bond motifs is 1. The summed E-state index contributed by atoms with van der Waals surface area (Å²) < 4.78 is 21.1. The molecule has 3 rings (SSSR count). The summed E-state index contributed by atoms with van der Waals surface area (Å²) >= 11 is 0. The number of hydrogen-bond donors (Lipinski definition) is 0. The van der Waals surface area contributed by atoms with Gasteiger partial charge in [-0.2, -0.15) is 0 Å². The predicted octanol–water partition coefficient (Wildman–Crippen LogP) is 3.25. The third kappa shape index (κ3) is 3.33. The smallest absolute Gasteiger partial charge is 0.308 e. The van der Waals surface area contributed by atoms with Crippen LogP contribution in [-0.4, -0.2) is 26.0 Å². The lowest BCUT2D eigenvalue weighted by Crippen LogP contribution is -2.01. The first kappa shape index (κ1) is 16.6. The molecule has 1 heterocycles. The molecule has 25 heavy (non-hydrogen) atoms. The van der Waals surface area contributed by atoms with Gasteiger partial charge in [0.2, 0.25) is 5.78 Å². The van der Waals surface area contributed by atoms with Gasteiger partial charge in [0.1, 0.15) is 11.5 Å². The zero-order valence-electron chi connectivity index (χ0n) is 14.0. The topological polar surface area (TPSA) is 71.1 Å². The molecular formula is C19H16O6. The van der Waals surface area contributed by atoms with Crippen LogP contribution in [0.1, 0.15) is 22.8 Å². The Kier molecular flexibility index (Phi) is 4.43. The number of carbonyl (C=O) groups is 2. The summed E-state index contributed by atoms with van der Waals surface area (Å²) in [5.41, 5.74) is 1.15. The van der Waals surface area contributed by atoms with Crippen molar-refractivity contribution in [3.8, 4) is 23.0 Å². The molecule has 0 N–H and O–H groups in total. The van der Waals surface area contributed by atoms with E-state index in [0.29, 0.717) is 28.6 Å². The minimum absolute atomic E-state index is 0.183. The van der Waals surface area contributed by atoms with Gasteiger partial charge in [-0.3, -0.25) is 9.59 Å². The summed E-state index contributed by atoms with van der Waals surface area (Å²) in [6.07, 6.45) is 1.62. The molecule has 0 fully saturated rings. The van der Waals surface area contributed by atoms with Gasteiger partial charge in [-0.1, -0.05) is 6.07 Å². The molecule has 0 saturated carbocycles. The molecular weight excluding hydrogens is 324 g/mol. The van der Waals surface area contributed by atoms with Crippen molar-refractivity contribution in [3.05, 3.63) is 53.3 Å². The maximum atomic E-state index is 12.5. The summed E-state index contributed by atoms with van der Waals surface area (Å²) in [4.78, 5) is 23.5. The Morgan fingerprint density at radius 2 is 1.80 bits per heavy atom. The Morgan fingerprint density at radius 1 is 1.04 bits per heavy atom. The van der Waals surface area contributed by atoms with E-state index in [1.165, 1.54) is 13.0 Å². The number of benzene rings is 2. The van der Waals surface area contributed by atoms with Crippen molar-refractivity contribution in [2.45, 2.75) is 6.92 Å². The minimum atomic E-state index is -0.439. The van der Waals surface area contributed by atoms with E-state index in [1.807, 2.05) is 0 Å². The van der Waals surface area contributed by atoms with Crippen LogP contribution in [0.25, 0.3) is 6.08 Å².